The number of hydrogen-bond acceptors (Lipinski definition) is 6. The molecule has 0 radical (unpaired) electrons. The third kappa shape index (κ3) is 5.56. The number of hydrogen-bond donors (Lipinski definition) is 0. The molecule has 3 heterocycles. The molecule has 2 amide bonds. The van der Waals surface area contributed by atoms with Crippen molar-refractivity contribution in [1.29, 1.82) is 0 Å². The lowest BCUT2D eigenvalue weighted by atomic mass is 10.2. The Morgan fingerprint density at radius 1 is 1.06 bits per heavy atom. The number of rotatable bonds is 7. The highest BCUT2D eigenvalue weighted by Crippen LogP contribution is 2.25. The van der Waals surface area contributed by atoms with E-state index in [1.165, 1.54) is 11.8 Å². The van der Waals surface area contributed by atoms with Crippen LogP contribution in [-0.2, 0) is 23.0 Å². The summed E-state index contributed by atoms with van der Waals surface area (Å²) in [6.07, 6.45) is 2.27. The summed E-state index contributed by atoms with van der Waals surface area (Å²) >= 11 is 7.45. The molecule has 0 aliphatic carbocycles. The van der Waals surface area contributed by atoms with Gasteiger partial charge in [-0.25, -0.2) is 4.79 Å². The highest BCUT2D eigenvalue weighted by Gasteiger charge is 2.25. The molecule has 2 aromatic heterocycles. The minimum absolute atomic E-state index is 0.00292. The van der Waals surface area contributed by atoms with Gasteiger partial charge in [-0.05, 0) is 43.3 Å². The van der Waals surface area contributed by atoms with Crippen LogP contribution in [0, 0.1) is 0 Å². The maximum atomic E-state index is 12.9. The molecule has 1 aliphatic rings. The second-order valence-electron chi connectivity index (χ2n) is 7.85. The highest BCUT2D eigenvalue weighted by atomic mass is 35.5. The van der Waals surface area contributed by atoms with Crippen molar-refractivity contribution in [3.63, 3.8) is 0 Å². The topological polar surface area (TPSA) is 85.5 Å². The summed E-state index contributed by atoms with van der Waals surface area (Å²) in [6.45, 7) is 4.04. The number of amides is 2. The van der Waals surface area contributed by atoms with Gasteiger partial charge in [-0.1, -0.05) is 23.4 Å². The number of piperazine rings is 1. The molecule has 0 bridgehead atoms. The number of benzene rings is 1. The molecule has 11 heteroatoms. The molecule has 4 rings (SSSR count). The van der Waals surface area contributed by atoms with Gasteiger partial charge in [-0.15, -0.1) is 10.2 Å². The molecular formula is C23H27ClN6O3S. The molecule has 0 unspecified atom stereocenters. The van der Waals surface area contributed by atoms with Crippen LogP contribution in [0.1, 0.15) is 18.4 Å². The lowest BCUT2D eigenvalue weighted by Gasteiger charge is -2.34. The Balaban J connectivity index is 1.45. The van der Waals surface area contributed by atoms with E-state index in [0.717, 1.165) is 17.2 Å². The van der Waals surface area contributed by atoms with E-state index in [-0.39, 0.29) is 17.8 Å². The van der Waals surface area contributed by atoms with Crippen LogP contribution in [0.3, 0.4) is 0 Å². The van der Waals surface area contributed by atoms with E-state index in [4.69, 9.17) is 16.3 Å². The summed E-state index contributed by atoms with van der Waals surface area (Å²) in [7, 11) is 1.99. The van der Waals surface area contributed by atoms with Crippen LogP contribution < -0.4 is 0 Å². The van der Waals surface area contributed by atoms with Crippen LogP contribution in [0.15, 0.2) is 47.8 Å². The molecule has 1 aromatic carbocycles. The minimum atomic E-state index is -0.328. The Labute approximate surface area is 207 Å². The van der Waals surface area contributed by atoms with Gasteiger partial charge in [0.1, 0.15) is 5.82 Å². The van der Waals surface area contributed by atoms with Crippen LogP contribution in [0.25, 0.3) is 5.69 Å². The first-order valence-electron chi connectivity index (χ1n) is 11.1. The molecule has 34 heavy (non-hydrogen) atoms. The quantitative estimate of drug-likeness (QED) is 0.461. The maximum Gasteiger partial charge on any atom is 0.409 e. The smallest absolute Gasteiger partial charge is 0.409 e. The second-order valence-corrected chi connectivity index (χ2v) is 9.23. The van der Waals surface area contributed by atoms with E-state index in [0.29, 0.717) is 49.4 Å². The number of thioether (sulfide) groups is 1. The molecule has 3 aromatic rings. The summed E-state index contributed by atoms with van der Waals surface area (Å²) in [5, 5.41) is 10.1. The van der Waals surface area contributed by atoms with Crippen molar-refractivity contribution in [3.05, 3.63) is 59.1 Å². The Hall–Kier alpha value is -2.98. The zero-order valence-corrected chi connectivity index (χ0v) is 20.8. The van der Waals surface area contributed by atoms with Crippen molar-refractivity contribution < 1.29 is 14.3 Å². The van der Waals surface area contributed by atoms with E-state index in [1.54, 1.807) is 16.7 Å². The van der Waals surface area contributed by atoms with Gasteiger partial charge in [-0.3, -0.25) is 9.36 Å². The largest absolute Gasteiger partial charge is 0.450 e. The minimum Gasteiger partial charge on any atom is -0.450 e. The molecule has 0 N–H and O–H groups in total. The SMILES string of the molecule is CCOC(=O)N1CCN(C(=O)CSc2nnc(Cc3cccn3C)n2-c2ccc(Cl)cc2)CC1. The summed E-state index contributed by atoms with van der Waals surface area (Å²) in [6, 6.07) is 11.5. The first-order valence-corrected chi connectivity index (χ1v) is 12.5. The van der Waals surface area contributed by atoms with Crippen molar-refractivity contribution in [3.8, 4) is 5.69 Å². The predicted octanol–water partition coefficient (Wildman–Crippen LogP) is 3.24. The lowest BCUT2D eigenvalue weighted by molar-refractivity contribution is -0.129. The van der Waals surface area contributed by atoms with Gasteiger partial charge in [0.05, 0.1) is 12.4 Å². The Morgan fingerprint density at radius 3 is 2.41 bits per heavy atom. The average molecular weight is 503 g/mol. The van der Waals surface area contributed by atoms with Crippen molar-refractivity contribution in [2.24, 2.45) is 7.05 Å². The number of halogens is 1. The zero-order valence-electron chi connectivity index (χ0n) is 19.2. The number of carbonyl (C=O) groups excluding carboxylic acids is 2. The van der Waals surface area contributed by atoms with Gasteiger partial charge in [0.25, 0.3) is 0 Å². The van der Waals surface area contributed by atoms with Gasteiger partial charge in [0, 0.05) is 62.2 Å². The van der Waals surface area contributed by atoms with Gasteiger partial charge < -0.3 is 19.1 Å². The summed E-state index contributed by atoms with van der Waals surface area (Å²) in [5.41, 5.74) is 1.99. The highest BCUT2D eigenvalue weighted by molar-refractivity contribution is 7.99. The molecule has 1 aliphatic heterocycles. The fraction of sp³-hybridized carbons (Fsp3) is 0.391. The molecular weight excluding hydrogens is 476 g/mol. The summed E-state index contributed by atoms with van der Waals surface area (Å²) in [4.78, 5) is 28.2. The van der Waals surface area contributed by atoms with Gasteiger partial charge in [0.2, 0.25) is 5.91 Å². The van der Waals surface area contributed by atoms with Crippen LogP contribution in [0.5, 0.6) is 0 Å². The van der Waals surface area contributed by atoms with Crippen molar-refractivity contribution in [2.75, 3.05) is 38.5 Å². The lowest BCUT2D eigenvalue weighted by Crippen LogP contribution is -2.51. The number of nitrogens with zero attached hydrogens (tertiary/aromatic N) is 6. The Morgan fingerprint density at radius 2 is 1.76 bits per heavy atom. The van der Waals surface area contributed by atoms with E-state index in [2.05, 4.69) is 10.2 Å². The van der Waals surface area contributed by atoms with Crippen molar-refractivity contribution in [1.82, 2.24) is 29.1 Å². The molecule has 0 atom stereocenters. The second kappa shape index (κ2) is 11.0. The first-order chi connectivity index (χ1) is 16.5. The number of ether oxygens (including phenoxy) is 1. The molecule has 1 fully saturated rings. The van der Waals surface area contributed by atoms with Gasteiger partial charge >= 0.3 is 6.09 Å². The zero-order chi connectivity index (χ0) is 24.1. The first kappa shape index (κ1) is 24.2. The van der Waals surface area contributed by atoms with Crippen LogP contribution in [0.2, 0.25) is 5.02 Å². The van der Waals surface area contributed by atoms with Gasteiger partial charge in [0.15, 0.2) is 5.16 Å². The van der Waals surface area contributed by atoms with E-state index in [1.807, 2.05) is 58.8 Å². The Bertz CT molecular complexity index is 1140. The monoisotopic (exact) mass is 502 g/mol. The molecule has 0 spiro atoms. The molecule has 1 saturated heterocycles. The van der Waals surface area contributed by atoms with Crippen LogP contribution in [-0.4, -0.2) is 79.7 Å². The normalized spacial score (nSPS) is 13.9. The molecule has 180 valence electrons. The predicted molar refractivity (Wildman–Crippen MR) is 130 cm³/mol. The van der Waals surface area contributed by atoms with E-state index in [9.17, 15) is 9.59 Å². The van der Waals surface area contributed by atoms with Gasteiger partial charge in [-0.2, -0.15) is 0 Å². The van der Waals surface area contributed by atoms with E-state index >= 15 is 0 Å². The summed E-state index contributed by atoms with van der Waals surface area (Å²) in [5.74, 6) is 1.01. The average Bonchev–Trinajstić information content (AvgIpc) is 3.44. The maximum absolute atomic E-state index is 12.9. The number of carbonyl (C=O) groups is 2. The fourth-order valence-electron chi connectivity index (χ4n) is 3.77. The van der Waals surface area contributed by atoms with Crippen molar-refractivity contribution >= 4 is 35.4 Å². The van der Waals surface area contributed by atoms with Crippen LogP contribution in [0.4, 0.5) is 4.79 Å². The number of aromatic nitrogens is 4. The molecule has 0 saturated carbocycles. The third-order valence-corrected chi connectivity index (χ3v) is 6.82. The Kier molecular flexibility index (Phi) is 7.79. The fourth-order valence-corrected chi connectivity index (χ4v) is 4.77. The van der Waals surface area contributed by atoms with Crippen molar-refractivity contribution in [2.45, 2.75) is 18.5 Å². The standard InChI is InChI=1S/C23H27ClN6O3S/c1-3-33-23(32)29-13-11-28(12-14-29)21(31)16-34-22-26-25-20(15-19-5-4-10-27(19)2)30(22)18-8-6-17(24)7-9-18/h4-10H,3,11-16H2,1-2H3. The third-order valence-electron chi connectivity index (χ3n) is 5.66. The van der Waals surface area contributed by atoms with E-state index < -0.39 is 0 Å². The summed E-state index contributed by atoms with van der Waals surface area (Å²) < 4.78 is 9.06. The van der Waals surface area contributed by atoms with Crippen LogP contribution >= 0.6 is 23.4 Å². The number of aryl methyl sites for hydroxylation is 1. The molecule has 9 nitrogen and oxygen atoms in total.